The van der Waals surface area contributed by atoms with E-state index >= 15 is 0 Å². The number of nitrogens with two attached hydrogens (primary N) is 1. The Morgan fingerprint density at radius 1 is 1.32 bits per heavy atom. The second-order valence-electron chi connectivity index (χ2n) is 4.50. The Bertz CT molecular complexity index is 510. The lowest BCUT2D eigenvalue weighted by atomic mass is 10.2. The van der Waals surface area contributed by atoms with Crippen LogP contribution in [0.15, 0.2) is 30.5 Å². The van der Waals surface area contributed by atoms with Gasteiger partial charge >= 0.3 is 0 Å². The van der Waals surface area contributed by atoms with Crippen molar-refractivity contribution < 1.29 is 4.74 Å². The Kier molecular flexibility index (Phi) is 4.92. The quantitative estimate of drug-likeness (QED) is 0.768. The van der Waals surface area contributed by atoms with Crippen LogP contribution in [0.3, 0.4) is 0 Å². The molecule has 0 amide bonds. The monoisotopic (exact) mass is 260 g/mol. The molecule has 2 rings (SSSR count). The minimum absolute atomic E-state index is 0.709. The molecule has 2 N–H and O–H groups in total. The average Bonchev–Trinajstić information content (AvgIpc) is 2.87. The molecule has 0 saturated carbocycles. The molecule has 0 aliphatic rings. The minimum atomic E-state index is 0.709. The number of unbranched alkanes of at least 4 members (excludes halogenated alkanes) is 1. The van der Waals surface area contributed by atoms with Gasteiger partial charge in [0.1, 0.15) is 5.75 Å². The topological polar surface area (TPSA) is 66.0 Å². The van der Waals surface area contributed by atoms with Crippen LogP contribution in [0.5, 0.6) is 5.75 Å². The SMILES string of the molecule is COc1cccc(Cn2cc(CCCCN)nn2)c1. The van der Waals surface area contributed by atoms with Crippen LogP contribution < -0.4 is 10.5 Å². The van der Waals surface area contributed by atoms with E-state index in [1.165, 1.54) is 0 Å². The van der Waals surface area contributed by atoms with Gasteiger partial charge in [-0.05, 0) is 43.5 Å². The van der Waals surface area contributed by atoms with E-state index < -0.39 is 0 Å². The molecule has 1 aromatic heterocycles. The number of benzene rings is 1. The van der Waals surface area contributed by atoms with Crippen molar-refractivity contribution >= 4 is 0 Å². The molecule has 0 bridgehead atoms. The van der Waals surface area contributed by atoms with Crippen molar-refractivity contribution in [2.45, 2.75) is 25.8 Å². The molecule has 0 atom stereocenters. The zero-order valence-electron chi connectivity index (χ0n) is 11.2. The van der Waals surface area contributed by atoms with Crippen molar-refractivity contribution in [3.63, 3.8) is 0 Å². The maximum Gasteiger partial charge on any atom is 0.119 e. The Hall–Kier alpha value is -1.88. The molecule has 0 aliphatic heterocycles. The zero-order chi connectivity index (χ0) is 13.5. The van der Waals surface area contributed by atoms with Gasteiger partial charge in [0.2, 0.25) is 0 Å². The maximum absolute atomic E-state index is 5.47. The summed E-state index contributed by atoms with van der Waals surface area (Å²) in [5.74, 6) is 0.862. The molecule has 1 aromatic carbocycles. The molecule has 1 heterocycles. The van der Waals surface area contributed by atoms with Crippen molar-refractivity contribution in [2.75, 3.05) is 13.7 Å². The van der Waals surface area contributed by atoms with Crippen LogP contribution in [0.2, 0.25) is 0 Å². The first-order valence-electron chi connectivity index (χ1n) is 6.54. The van der Waals surface area contributed by atoms with Gasteiger partial charge in [-0.25, -0.2) is 4.68 Å². The molecule has 0 unspecified atom stereocenters. The third-order valence-corrected chi connectivity index (χ3v) is 2.95. The Morgan fingerprint density at radius 3 is 3.00 bits per heavy atom. The summed E-state index contributed by atoms with van der Waals surface area (Å²) in [4.78, 5) is 0. The highest BCUT2D eigenvalue weighted by atomic mass is 16.5. The number of rotatable bonds is 7. The van der Waals surface area contributed by atoms with Gasteiger partial charge in [-0.15, -0.1) is 5.10 Å². The summed E-state index contributed by atoms with van der Waals surface area (Å²) in [5, 5.41) is 8.31. The fraction of sp³-hybridized carbons (Fsp3) is 0.429. The fourth-order valence-corrected chi connectivity index (χ4v) is 1.94. The lowest BCUT2D eigenvalue weighted by Crippen LogP contribution is -2.00. The van der Waals surface area contributed by atoms with Crippen LogP contribution in [-0.2, 0) is 13.0 Å². The molecule has 2 aromatic rings. The van der Waals surface area contributed by atoms with Crippen LogP contribution in [0.1, 0.15) is 24.1 Å². The number of aryl methyl sites for hydroxylation is 1. The number of methoxy groups -OCH3 is 1. The van der Waals surface area contributed by atoms with Gasteiger partial charge in [-0.1, -0.05) is 17.3 Å². The summed E-state index contributed by atoms with van der Waals surface area (Å²) in [6.45, 7) is 1.44. The smallest absolute Gasteiger partial charge is 0.119 e. The summed E-state index contributed by atoms with van der Waals surface area (Å²) >= 11 is 0. The van der Waals surface area contributed by atoms with E-state index in [9.17, 15) is 0 Å². The van der Waals surface area contributed by atoms with Crippen molar-refractivity contribution in [3.8, 4) is 5.75 Å². The number of ether oxygens (including phenoxy) is 1. The standard InChI is InChI=1S/C14H20N4O/c1-19-14-7-4-5-12(9-14)10-18-11-13(16-17-18)6-2-3-8-15/h4-5,7,9,11H,2-3,6,8,10,15H2,1H3. The molecule has 19 heavy (non-hydrogen) atoms. The summed E-state index contributed by atoms with van der Waals surface area (Å²) in [5.41, 5.74) is 7.65. The van der Waals surface area contributed by atoms with Crippen LogP contribution in [0.4, 0.5) is 0 Å². The van der Waals surface area contributed by atoms with E-state index in [1.54, 1.807) is 7.11 Å². The molecule has 102 valence electrons. The minimum Gasteiger partial charge on any atom is -0.497 e. The van der Waals surface area contributed by atoms with E-state index in [0.29, 0.717) is 6.54 Å². The van der Waals surface area contributed by atoms with Crippen molar-refractivity contribution in [2.24, 2.45) is 5.73 Å². The molecule has 0 radical (unpaired) electrons. The molecule has 5 nitrogen and oxygen atoms in total. The van der Waals surface area contributed by atoms with E-state index in [1.807, 2.05) is 29.1 Å². The molecule has 0 aliphatic carbocycles. The highest BCUT2D eigenvalue weighted by Crippen LogP contribution is 2.13. The van der Waals surface area contributed by atoms with Gasteiger partial charge < -0.3 is 10.5 Å². The third-order valence-electron chi connectivity index (χ3n) is 2.95. The average molecular weight is 260 g/mol. The summed E-state index contributed by atoms with van der Waals surface area (Å²) in [6, 6.07) is 7.98. The predicted molar refractivity (Wildman–Crippen MR) is 74.1 cm³/mol. The van der Waals surface area contributed by atoms with Crippen molar-refractivity contribution in [1.82, 2.24) is 15.0 Å². The summed E-state index contributed by atoms with van der Waals surface area (Å²) in [6.07, 6.45) is 5.03. The molecular weight excluding hydrogens is 240 g/mol. The summed E-state index contributed by atoms with van der Waals surface area (Å²) < 4.78 is 7.06. The van der Waals surface area contributed by atoms with Crippen molar-refractivity contribution in [3.05, 3.63) is 41.7 Å². The molecule has 0 spiro atoms. The zero-order valence-corrected chi connectivity index (χ0v) is 11.2. The molecule has 5 heteroatoms. The summed E-state index contributed by atoms with van der Waals surface area (Å²) in [7, 11) is 1.67. The van der Waals surface area contributed by atoms with Crippen LogP contribution >= 0.6 is 0 Å². The third kappa shape index (κ3) is 4.06. The second-order valence-corrected chi connectivity index (χ2v) is 4.50. The maximum atomic E-state index is 5.47. The fourth-order valence-electron chi connectivity index (χ4n) is 1.94. The van der Waals surface area contributed by atoms with Gasteiger partial charge in [0.15, 0.2) is 0 Å². The first-order valence-corrected chi connectivity index (χ1v) is 6.54. The van der Waals surface area contributed by atoms with E-state index in [0.717, 1.165) is 42.8 Å². The largest absolute Gasteiger partial charge is 0.497 e. The molecule has 0 fully saturated rings. The Balaban J connectivity index is 1.95. The van der Waals surface area contributed by atoms with E-state index in [4.69, 9.17) is 10.5 Å². The lowest BCUT2D eigenvalue weighted by Gasteiger charge is -2.03. The van der Waals surface area contributed by atoms with Gasteiger partial charge in [-0.2, -0.15) is 0 Å². The Morgan fingerprint density at radius 2 is 2.21 bits per heavy atom. The second kappa shape index (κ2) is 6.89. The van der Waals surface area contributed by atoms with E-state index in [-0.39, 0.29) is 0 Å². The first kappa shape index (κ1) is 13.5. The van der Waals surface area contributed by atoms with Crippen LogP contribution in [0.25, 0.3) is 0 Å². The van der Waals surface area contributed by atoms with Gasteiger partial charge in [-0.3, -0.25) is 0 Å². The van der Waals surface area contributed by atoms with Gasteiger partial charge in [0.25, 0.3) is 0 Å². The number of aromatic nitrogens is 3. The highest BCUT2D eigenvalue weighted by Gasteiger charge is 2.02. The predicted octanol–water partition coefficient (Wildman–Crippen LogP) is 1.62. The first-order chi connectivity index (χ1) is 9.31. The van der Waals surface area contributed by atoms with Gasteiger partial charge in [0.05, 0.1) is 19.3 Å². The highest BCUT2D eigenvalue weighted by molar-refractivity contribution is 5.28. The molecule has 0 saturated heterocycles. The number of nitrogens with zero attached hydrogens (tertiary/aromatic N) is 3. The lowest BCUT2D eigenvalue weighted by molar-refractivity contribution is 0.414. The number of hydrogen-bond donors (Lipinski definition) is 1. The van der Waals surface area contributed by atoms with Crippen LogP contribution in [0, 0.1) is 0 Å². The van der Waals surface area contributed by atoms with Crippen molar-refractivity contribution in [1.29, 1.82) is 0 Å². The van der Waals surface area contributed by atoms with E-state index in [2.05, 4.69) is 16.4 Å². The number of hydrogen-bond acceptors (Lipinski definition) is 4. The molecular formula is C14H20N4O. The van der Waals surface area contributed by atoms with Crippen LogP contribution in [-0.4, -0.2) is 28.6 Å². The van der Waals surface area contributed by atoms with Gasteiger partial charge in [0, 0.05) is 6.20 Å². The Labute approximate surface area is 113 Å². The normalized spacial score (nSPS) is 10.6.